The van der Waals surface area contributed by atoms with Gasteiger partial charge in [0.2, 0.25) is 9.84 Å². The number of hydrogen-bond donors (Lipinski definition) is 1. The number of hydrogen-bond acceptors (Lipinski definition) is 9. The van der Waals surface area contributed by atoms with Gasteiger partial charge in [-0.05, 0) is 36.8 Å². The van der Waals surface area contributed by atoms with Gasteiger partial charge < -0.3 is 5.11 Å². The lowest BCUT2D eigenvalue weighted by molar-refractivity contribution is -0.384. The molecule has 1 aliphatic heterocycles. The van der Waals surface area contributed by atoms with Crippen molar-refractivity contribution in [2.24, 2.45) is 5.92 Å². The lowest BCUT2D eigenvalue weighted by Gasteiger charge is -2.26. The Hall–Kier alpha value is -3.97. The number of halogens is 1. The molecule has 204 valence electrons. The Morgan fingerprint density at radius 3 is 2.40 bits per heavy atom. The average Bonchev–Trinajstić information content (AvgIpc) is 3.52. The predicted octanol–water partition coefficient (Wildman–Crippen LogP) is 4.79. The zero-order valence-corrected chi connectivity index (χ0v) is 23.1. The first-order valence-electron chi connectivity index (χ1n) is 11.8. The number of aliphatic hydroxyl groups excluding tert-OH is 1. The molecule has 13 heteroatoms. The lowest BCUT2D eigenvalue weighted by Crippen LogP contribution is -2.30. The summed E-state index contributed by atoms with van der Waals surface area (Å²) < 4.78 is 26.3. The summed E-state index contributed by atoms with van der Waals surface area (Å²) >= 11 is 6.91. The van der Waals surface area contributed by atoms with E-state index in [0.29, 0.717) is 27.5 Å². The molecule has 1 aliphatic rings. The topological polar surface area (TPSA) is 148 Å². The lowest BCUT2D eigenvalue weighted by atomic mass is 9.85. The van der Waals surface area contributed by atoms with Crippen LogP contribution in [0.15, 0.2) is 88.1 Å². The van der Waals surface area contributed by atoms with Gasteiger partial charge in [-0.3, -0.25) is 24.6 Å². The molecule has 3 aromatic carbocycles. The second-order valence-electron chi connectivity index (χ2n) is 9.13. The smallest absolute Gasteiger partial charge is 0.269 e. The molecule has 0 bridgehead atoms. The fourth-order valence-corrected chi connectivity index (χ4v) is 7.33. The second kappa shape index (κ2) is 10.5. The van der Waals surface area contributed by atoms with Crippen molar-refractivity contribution in [3.63, 3.8) is 0 Å². The third-order valence-electron chi connectivity index (χ3n) is 6.58. The van der Waals surface area contributed by atoms with E-state index in [4.69, 9.17) is 11.6 Å². The molecule has 40 heavy (non-hydrogen) atoms. The van der Waals surface area contributed by atoms with Crippen molar-refractivity contribution in [1.29, 1.82) is 0 Å². The number of non-ortho nitro benzene ring substituents is 1. The number of rotatable bonds is 7. The molecule has 0 radical (unpaired) electrons. The number of sulfone groups is 1. The first-order valence-corrected chi connectivity index (χ1v) is 14.5. The highest BCUT2D eigenvalue weighted by atomic mass is 35.5. The Morgan fingerprint density at radius 1 is 1.10 bits per heavy atom. The van der Waals surface area contributed by atoms with E-state index in [1.54, 1.807) is 48.5 Å². The minimum Gasteiger partial charge on any atom is -0.382 e. The Labute approximate surface area is 237 Å². The molecule has 1 N–H and O–H groups in total. The summed E-state index contributed by atoms with van der Waals surface area (Å²) in [7, 11) is -4.14. The Bertz CT molecular complexity index is 1740. The fraction of sp³-hybridized carbons (Fsp3) is 0.148. The molecule has 0 aliphatic carbocycles. The van der Waals surface area contributed by atoms with E-state index in [2.05, 4.69) is 4.98 Å². The van der Waals surface area contributed by atoms with Crippen LogP contribution in [0.4, 0.5) is 10.8 Å². The monoisotopic (exact) mass is 597 g/mol. The summed E-state index contributed by atoms with van der Waals surface area (Å²) in [6.07, 6.45) is -0.656. The number of anilines is 1. The molecule has 5 rings (SSSR count). The zero-order chi connectivity index (χ0) is 28.8. The van der Waals surface area contributed by atoms with Crippen LogP contribution >= 0.6 is 22.9 Å². The highest BCUT2D eigenvalue weighted by Gasteiger charge is 2.53. The minimum atomic E-state index is -4.14. The third kappa shape index (κ3) is 4.90. The number of thiazole rings is 1. The van der Waals surface area contributed by atoms with Gasteiger partial charge in [0.15, 0.2) is 10.9 Å². The summed E-state index contributed by atoms with van der Waals surface area (Å²) in [5, 5.41) is 22.3. The van der Waals surface area contributed by atoms with Gasteiger partial charge in [-0.2, -0.15) is 0 Å². The van der Waals surface area contributed by atoms with Gasteiger partial charge in [0.05, 0.1) is 28.0 Å². The van der Waals surface area contributed by atoms with E-state index < -0.39 is 44.5 Å². The number of nitro groups is 1. The van der Waals surface area contributed by atoms with Crippen LogP contribution in [0, 0.1) is 23.0 Å². The predicted molar refractivity (Wildman–Crippen MR) is 147 cm³/mol. The minimum absolute atomic E-state index is 0.0475. The van der Waals surface area contributed by atoms with Crippen molar-refractivity contribution in [3.8, 4) is 0 Å². The van der Waals surface area contributed by atoms with Crippen LogP contribution in [0.3, 0.4) is 0 Å². The molecule has 2 heterocycles. The fourth-order valence-electron chi connectivity index (χ4n) is 4.57. The van der Waals surface area contributed by atoms with E-state index in [0.717, 1.165) is 40.9 Å². The molecule has 3 unspecified atom stereocenters. The second-order valence-corrected chi connectivity index (χ2v) is 12.7. The van der Waals surface area contributed by atoms with Crippen molar-refractivity contribution in [2.75, 3.05) is 4.90 Å². The third-order valence-corrected chi connectivity index (χ3v) is 10.0. The maximum atomic E-state index is 13.7. The van der Waals surface area contributed by atoms with Crippen LogP contribution < -0.4 is 4.90 Å². The summed E-state index contributed by atoms with van der Waals surface area (Å²) in [4.78, 5) is 42.5. The number of ketones is 1. The van der Waals surface area contributed by atoms with E-state index in [1.807, 2.05) is 6.92 Å². The normalized spacial score (nSPS) is 19.1. The van der Waals surface area contributed by atoms with Crippen molar-refractivity contribution in [2.45, 2.75) is 28.2 Å². The summed E-state index contributed by atoms with van der Waals surface area (Å²) in [6.45, 7) is 1.86. The molecule has 4 aromatic rings. The van der Waals surface area contributed by atoms with Crippen LogP contribution in [0.2, 0.25) is 5.02 Å². The van der Waals surface area contributed by atoms with Gasteiger partial charge in [-0.15, -0.1) is 0 Å². The standard InChI is InChI=1S/C27H20ClN3O7S2/c1-15-5-7-16(8-6-15)24(32)22-23(17-3-2-4-18(28)13-17)30(26(34)25(22)33)27-29-14-21(39-27)40(37,38)20-11-9-19(10-12-20)31(35)36/h2-14,22-23,25,33H,1H3. The first kappa shape index (κ1) is 27.6. The van der Waals surface area contributed by atoms with Crippen molar-refractivity contribution in [3.05, 3.63) is 111 Å². The zero-order valence-electron chi connectivity index (χ0n) is 20.7. The summed E-state index contributed by atoms with van der Waals surface area (Å²) in [6, 6.07) is 16.6. The molecule has 0 saturated carbocycles. The van der Waals surface area contributed by atoms with E-state index in [-0.39, 0.29) is 19.9 Å². The summed E-state index contributed by atoms with van der Waals surface area (Å²) in [5.41, 5.74) is 1.42. The number of amides is 1. The number of aromatic nitrogens is 1. The van der Waals surface area contributed by atoms with E-state index >= 15 is 0 Å². The number of Topliss-reactive ketones (excluding diaryl/α,β-unsaturated/α-hetero) is 1. The molecule has 1 saturated heterocycles. The van der Waals surface area contributed by atoms with Gasteiger partial charge >= 0.3 is 0 Å². The molecule has 1 amide bonds. The van der Waals surface area contributed by atoms with Gasteiger partial charge in [0, 0.05) is 22.7 Å². The molecular formula is C27H20ClN3O7S2. The van der Waals surface area contributed by atoms with Gasteiger partial charge in [-0.25, -0.2) is 13.4 Å². The number of benzene rings is 3. The molecule has 10 nitrogen and oxygen atoms in total. The van der Waals surface area contributed by atoms with Crippen LogP contribution in [-0.4, -0.2) is 41.2 Å². The van der Waals surface area contributed by atoms with E-state index in [1.165, 1.54) is 0 Å². The number of carbonyl (C=O) groups is 2. The molecule has 0 spiro atoms. The number of aliphatic hydroxyl groups is 1. The summed E-state index contributed by atoms with van der Waals surface area (Å²) in [5.74, 6) is -2.51. The highest BCUT2D eigenvalue weighted by molar-refractivity contribution is 7.93. The molecule has 1 fully saturated rings. The molecule has 3 atom stereocenters. The van der Waals surface area contributed by atoms with Crippen LogP contribution in [0.5, 0.6) is 0 Å². The van der Waals surface area contributed by atoms with E-state index in [9.17, 15) is 33.2 Å². The largest absolute Gasteiger partial charge is 0.382 e. The van der Waals surface area contributed by atoms with Gasteiger partial charge in [-0.1, -0.05) is 64.9 Å². The number of nitro benzene ring substituents is 1. The number of aryl methyl sites for hydroxylation is 1. The Balaban J connectivity index is 1.57. The quantitative estimate of drug-likeness (QED) is 0.182. The molecular weight excluding hydrogens is 578 g/mol. The molecule has 1 aromatic heterocycles. The Kier molecular flexibility index (Phi) is 7.27. The Morgan fingerprint density at radius 2 is 1.77 bits per heavy atom. The van der Waals surface area contributed by atoms with Gasteiger partial charge in [0.1, 0.15) is 10.3 Å². The van der Waals surface area contributed by atoms with Crippen molar-refractivity contribution < 1.29 is 28.0 Å². The number of nitrogens with zero attached hydrogens (tertiary/aromatic N) is 3. The van der Waals surface area contributed by atoms with Crippen LogP contribution in [0.25, 0.3) is 0 Å². The van der Waals surface area contributed by atoms with Crippen molar-refractivity contribution >= 4 is 55.3 Å². The maximum absolute atomic E-state index is 13.7. The average molecular weight is 598 g/mol. The highest BCUT2D eigenvalue weighted by Crippen LogP contribution is 2.45. The van der Waals surface area contributed by atoms with Crippen LogP contribution in [0.1, 0.15) is 27.5 Å². The SMILES string of the molecule is Cc1ccc(C(=O)C2C(O)C(=O)N(c3ncc(S(=O)(=O)c4ccc([N+](=O)[O-])cc4)s3)C2c2cccc(Cl)c2)cc1. The maximum Gasteiger partial charge on any atom is 0.269 e. The van der Waals surface area contributed by atoms with Gasteiger partial charge in [0.25, 0.3) is 11.6 Å². The number of carbonyl (C=O) groups excluding carboxylic acids is 2. The first-order chi connectivity index (χ1) is 19.0. The van der Waals surface area contributed by atoms with Crippen molar-refractivity contribution in [1.82, 2.24) is 4.98 Å². The van der Waals surface area contributed by atoms with Crippen LogP contribution in [-0.2, 0) is 14.6 Å².